The lowest BCUT2D eigenvalue weighted by Gasteiger charge is -2.10. The summed E-state index contributed by atoms with van der Waals surface area (Å²) in [5.74, 6) is -0.457. The first kappa shape index (κ1) is 11.8. The molecule has 0 saturated heterocycles. The summed E-state index contributed by atoms with van der Waals surface area (Å²) < 4.78 is 13.8. The van der Waals surface area contributed by atoms with Crippen molar-refractivity contribution >= 4 is 12.6 Å². The van der Waals surface area contributed by atoms with Crippen LogP contribution in [-0.4, -0.2) is 17.2 Å². The highest BCUT2D eigenvalue weighted by Crippen LogP contribution is 2.22. The number of rotatable bonds is 2. The topological polar surface area (TPSA) is 40.5 Å². The van der Waals surface area contributed by atoms with Crippen LogP contribution < -0.4 is 5.46 Å². The molecule has 0 unspecified atom stereocenters. The molecule has 0 atom stereocenters. The van der Waals surface area contributed by atoms with Crippen LogP contribution in [0.25, 0.3) is 11.1 Å². The van der Waals surface area contributed by atoms with Gasteiger partial charge in [-0.2, -0.15) is 0 Å². The first-order chi connectivity index (χ1) is 8.09. The van der Waals surface area contributed by atoms with E-state index in [1.807, 2.05) is 25.1 Å². The molecule has 0 saturated carbocycles. The zero-order chi connectivity index (χ0) is 12.4. The Bertz CT molecular complexity index is 541. The molecule has 0 aromatic heterocycles. The maximum Gasteiger partial charge on any atom is 0.489 e. The molecule has 0 spiro atoms. The third kappa shape index (κ3) is 2.38. The lowest BCUT2D eigenvalue weighted by molar-refractivity contribution is 0.425. The van der Waals surface area contributed by atoms with E-state index in [0.717, 1.165) is 5.56 Å². The molecule has 2 N–H and O–H groups in total. The standard InChI is InChI=1S/C13H12BFO2/c1-9-4-2-5-10(8-9)13-11(14(16)17)6-3-7-12(13)15/h2-8,16-17H,1H3. The minimum atomic E-state index is -1.68. The zero-order valence-corrected chi connectivity index (χ0v) is 9.39. The van der Waals surface area contributed by atoms with Gasteiger partial charge in [-0.05, 0) is 24.0 Å². The highest BCUT2D eigenvalue weighted by Gasteiger charge is 2.19. The van der Waals surface area contributed by atoms with Gasteiger partial charge < -0.3 is 10.0 Å². The second-order valence-corrected chi connectivity index (χ2v) is 3.95. The van der Waals surface area contributed by atoms with Crippen molar-refractivity contribution in [1.29, 1.82) is 0 Å². The maximum absolute atomic E-state index is 13.8. The summed E-state index contributed by atoms with van der Waals surface area (Å²) in [5.41, 5.74) is 2.05. The summed E-state index contributed by atoms with van der Waals surface area (Å²) in [6.07, 6.45) is 0. The summed E-state index contributed by atoms with van der Waals surface area (Å²) in [6, 6.07) is 11.5. The number of hydrogen-bond donors (Lipinski definition) is 2. The Labute approximate surface area is 99.5 Å². The molecule has 0 radical (unpaired) electrons. The van der Waals surface area contributed by atoms with Crippen LogP contribution in [0.1, 0.15) is 5.56 Å². The second-order valence-electron chi connectivity index (χ2n) is 3.95. The van der Waals surface area contributed by atoms with Crippen molar-refractivity contribution in [1.82, 2.24) is 0 Å². The van der Waals surface area contributed by atoms with Crippen molar-refractivity contribution in [3.63, 3.8) is 0 Å². The summed E-state index contributed by atoms with van der Waals surface area (Å²) in [6.45, 7) is 1.90. The molecule has 2 rings (SSSR count). The fraction of sp³-hybridized carbons (Fsp3) is 0.0769. The monoisotopic (exact) mass is 230 g/mol. The molecule has 86 valence electrons. The average Bonchev–Trinajstić information content (AvgIpc) is 2.28. The lowest BCUT2D eigenvalue weighted by Crippen LogP contribution is -2.32. The minimum Gasteiger partial charge on any atom is -0.423 e. The van der Waals surface area contributed by atoms with Gasteiger partial charge in [-0.3, -0.25) is 0 Å². The lowest BCUT2D eigenvalue weighted by atomic mass is 9.75. The highest BCUT2D eigenvalue weighted by atomic mass is 19.1. The Kier molecular flexibility index (Phi) is 3.27. The van der Waals surface area contributed by atoms with Crippen LogP contribution in [-0.2, 0) is 0 Å². The molecular weight excluding hydrogens is 218 g/mol. The molecule has 2 nitrogen and oxygen atoms in total. The van der Waals surface area contributed by atoms with Gasteiger partial charge in [0.1, 0.15) is 5.82 Å². The van der Waals surface area contributed by atoms with Crippen LogP contribution in [0.2, 0.25) is 0 Å². The van der Waals surface area contributed by atoms with Crippen molar-refractivity contribution in [3.05, 3.63) is 53.8 Å². The van der Waals surface area contributed by atoms with E-state index in [1.54, 1.807) is 6.07 Å². The quantitative estimate of drug-likeness (QED) is 0.767. The van der Waals surface area contributed by atoms with Crippen molar-refractivity contribution in [2.45, 2.75) is 6.92 Å². The summed E-state index contributed by atoms with van der Waals surface area (Å²) in [7, 11) is -1.68. The fourth-order valence-corrected chi connectivity index (χ4v) is 1.86. The number of aryl methyl sites for hydroxylation is 1. The van der Waals surface area contributed by atoms with E-state index in [9.17, 15) is 14.4 Å². The van der Waals surface area contributed by atoms with E-state index in [0.29, 0.717) is 5.56 Å². The van der Waals surface area contributed by atoms with Crippen molar-refractivity contribution in [3.8, 4) is 11.1 Å². The van der Waals surface area contributed by atoms with Crippen LogP contribution in [0.3, 0.4) is 0 Å². The van der Waals surface area contributed by atoms with Crippen LogP contribution in [0.15, 0.2) is 42.5 Å². The van der Waals surface area contributed by atoms with E-state index < -0.39 is 12.9 Å². The number of halogens is 1. The largest absolute Gasteiger partial charge is 0.489 e. The minimum absolute atomic E-state index is 0.176. The van der Waals surface area contributed by atoms with Gasteiger partial charge in [0.15, 0.2) is 0 Å². The predicted molar refractivity (Wildman–Crippen MR) is 66.4 cm³/mol. The normalized spacial score (nSPS) is 10.4. The van der Waals surface area contributed by atoms with Gasteiger partial charge in [0.05, 0.1) is 0 Å². The van der Waals surface area contributed by atoms with Gasteiger partial charge >= 0.3 is 7.12 Å². The second kappa shape index (κ2) is 4.69. The van der Waals surface area contributed by atoms with Gasteiger partial charge in [-0.1, -0.05) is 42.0 Å². The summed E-state index contributed by atoms with van der Waals surface area (Å²) >= 11 is 0. The van der Waals surface area contributed by atoms with Crippen LogP contribution >= 0.6 is 0 Å². The Morgan fingerprint density at radius 1 is 1.06 bits per heavy atom. The molecule has 2 aromatic carbocycles. The van der Waals surface area contributed by atoms with E-state index in [1.165, 1.54) is 18.2 Å². The van der Waals surface area contributed by atoms with Crippen molar-refractivity contribution < 1.29 is 14.4 Å². The van der Waals surface area contributed by atoms with Crippen molar-refractivity contribution in [2.24, 2.45) is 0 Å². The molecule has 2 aromatic rings. The SMILES string of the molecule is Cc1cccc(-c2c(F)cccc2B(O)O)c1. The fourth-order valence-electron chi connectivity index (χ4n) is 1.86. The van der Waals surface area contributed by atoms with Gasteiger partial charge in [0, 0.05) is 5.56 Å². The maximum atomic E-state index is 13.8. The van der Waals surface area contributed by atoms with Gasteiger partial charge in [-0.15, -0.1) is 0 Å². The first-order valence-electron chi connectivity index (χ1n) is 5.31. The van der Waals surface area contributed by atoms with Crippen LogP contribution in [0.4, 0.5) is 4.39 Å². The molecule has 4 heteroatoms. The summed E-state index contributed by atoms with van der Waals surface area (Å²) in [5, 5.41) is 18.5. The van der Waals surface area contributed by atoms with Crippen molar-refractivity contribution in [2.75, 3.05) is 0 Å². The molecule has 0 heterocycles. The molecule has 0 amide bonds. The molecule has 0 aliphatic carbocycles. The third-order valence-corrected chi connectivity index (χ3v) is 2.63. The average molecular weight is 230 g/mol. The predicted octanol–water partition coefficient (Wildman–Crippen LogP) is 1.48. The molecule has 0 aliphatic heterocycles. The Morgan fingerprint density at radius 2 is 1.76 bits per heavy atom. The number of hydrogen-bond acceptors (Lipinski definition) is 2. The smallest absolute Gasteiger partial charge is 0.423 e. The highest BCUT2D eigenvalue weighted by molar-refractivity contribution is 6.60. The Hall–Kier alpha value is -1.65. The van der Waals surface area contributed by atoms with E-state index in [4.69, 9.17) is 0 Å². The first-order valence-corrected chi connectivity index (χ1v) is 5.31. The molecule has 0 bridgehead atoms. The Morgan fingerprint density at radius 3 is 2.41 bits per heavy atom. The van der Waals surface area contributed by atoms with Gasteiger partial charge in [0.25, 0.3) is 0 Å². The third-order valence-electron chi connectivity index (χ3n) is 2.63. The van der Waals surface area contributed by atoms with Gasteiger partial charge in [0.2, 0.25) is 0 Å². The van der Waals surface area contributed by atoms with Crippen LogP contribution in [0.5, 0.6) is 0 Å². The van der Waals surface area contributed by atoms with E-state index >= 15 is 0 Å². The zero-order valence-electron chi connectivity index (χ0n) is 9.39. The molecule has 0 fully saturated rings. The number of benzene rings is 2. The molecular formula is C13H12BFO2. The van der Waals surface area contributed by atoms with Crippen LogP contribution in [0, 0.1) is 12.7 Å². The van der Waals surface area contributed by atoms with E-state index in [2.05, 4.69) is 0 Å². The Balaban J connectivity index is 2.65. The molecule has 17 heavy (non-hydrogen) atoms. The van der Waals surface area contributed by atoms with Gasteiger partial charge in [-0.25, -0.2) is 4.39 Å². The molecule has 0 aliphatic rings. The summed E-state index contributed by atoms with van der Waals surface area (Å²) in [4.78, 5) is 0. The van der Waals surface area contributed by atoms with E-state index in [-0.39, 0.29) is 11.0 Å².